The minimum atomic E-state index is -1.34. The summed E-state index contributed by atoms with van der Waals surface area (Å²) in [5.74, 6) is -3.76. The van der Waals surface area contributed by atoms with Gasteiger partial charge in [0.2, 0.25) is 0 Å². The van der Waals surface area contributed by atoms with Gasteiger partial charge in [-0.3, -0.25) is 14.9 Å². The van der Waals surface area contributed by atoms with E-state index in [1.807, 2.05) is 13.8 Å². The summed E-state index contributed by atoms with van der Waals surface area (Å²) in [6.07, 6.45) is -0.0372. The van der Waals surface area contributed by atoms with Gasteiger partial charge in [-0.05, 0) is 30.9 Å². The number of hydrogen-bond acceptors (Lipinski definition) is 8. The number of esters is 3. The van der Waals surface area contributed by atoms with Gasteiger partial charge in [-0.2, -0.15) is 0 Å². The second-order valence-corrected chi connectivity index (χ2v) is 6.68. The summed E-state index contributed by atoms with van der Waals surface area (Å²) in [5.41, 5.74) is 5.94. The van der Waals surface area contributed by atoms with Crippen molar-refractivity contribution in [3.8, 4) is 0 Å². The van der Waals surface area contributed by atoms with Crippen molar-refractivity contribution in [3.05, 3.63) is 35.9 Å². The van der Waals surface area contributed by atoms with Crippen LogP contribution in [0.25, 0.3) is 0 Å². The third-order valence-corrected chi connectivity index (χ3v) is 3.89. The van der Waals surface area contributed by atoms with Crippen LogP contribution in [-0.2, 0) is 23.9 Å². The van der Waals surface area contributed by atoms with Crippen LogP contribution < -0.4 is 11.1 Å². The standard InChI is InChI=1S/C19H26N2O7/c1-11(2)9-14(16(22)23)21-15(19(26)27-3)10-13(20)18(25)28-17(24)12-7-5-4-6-8-12/h4-8,11,13-15,21H,9-10,20H2,1-3H3,(H,22,23)/t13-,14+,15?/m1/s1. The number of carbonyl (C=O) groups is 4. The van der Waals surface area contributed by atoms with E-state index in [9.17, 15) is 24.3 Å². The van der Waals surface area contributed by atoms with Crippen LogP contribution in [0.15, 0.2) is 30.3 Å². The van der Waals surface area contributed by atoms with Crippen LogP contribution in [-0.4, -0.2) is 54.2 Å². The molecule has 1 rings (SSSR count). The van der Waals surface area contributed by atoms with Gasteiger partial charge in [-0.15, -0.1) is 0 Å². The number of nitrogens with one attached hydrogen (secondary N) is 1. The number of hydrogen-bond donors (Lipinski definition) is 3. The molecule has 3 atom stereocenters. The zero-order valence-electron chi connectivity index (χ0n) is 16.1. The van der Waals surface area contributed by atoms with Gasteiger partial charge >= 0.3 is 23.9 Å². The maximum absolute atomic E-state index is 12.1. The fourth-order valence-corrected chi connectivity index (χ4v) is 2.48. The van der Waals surface area contributed by atoms with Gasteiger partial charge in [0.15, 0.2) is 0 Å². The SMILES string of the molecule is COC(=O)C(C[C@@H](N)C(=O)OC(=O)c1ccccc1)N[C@@H](CC(C)C)C(=O)O. The van der Waals surface area contributed by atoms with E-state index in [2.05, 4.69) is 10.1 Å². The molecule has 0 aliphatic carbocycles. The molecule has 0 bridgehead atoms. The summed E-state index contributed by atoms with van der Waals surface area (Å²) in [7, 11) is 1.14. The highest BCUT2D eigenvalue weighted by molar-refractivity contribution is 5.98. The molecule has 28 heavy (non-hydrogen) atoms. The van der Waals surface area contributed by atoms with Crippen LogP contribution in [0, 0.1) is 5.92 Å². The number of carboxylic acid groups (broad SMARTS) is 1. The molecule has 1 unspecified atom stereocenters. The lowest BCUT2D eigenvalue weighted by Gasteiger charge is -2.24. The van der Waals surface area contributed by atoms with E-state index < -0.39 is 42.0 Å². The lowest BCUT2D eigenvalue weighted by atomic mass is 10.0. The molecule has 1 aromatic rings. The number of rotatable bonds is 10. The van der Waals surface area contributed by atoms with Crippen LogP contribution in [0.4, 0.5) is 0 Å². The Hall–Kier alpha value is -2.78. The van der Waals surface area contributed by atoms with Gasteiger partial charge < -0.3 is 20.3 Å². The first kappa shape index (κ1) is 23.3. The molecule has 0 fully saturated rings. The third kappa shape index (κ3) is 7.45. The highest BCUT2D eigenvalue weighted by Crippen LogP contribution is 2.10. The van der Waals surface area contributed by atoms with Crippen molar-refractivity contribution in [2.75, 3.05) is 7.11 Å². The Morgan fingerprint density at radius 1 is 1.04 bits per heavy atom. The van der Waals surface area contributed by atoms with Gasteiger partial charge in [0.1, 0.15) is 18.1 Å². The largest absolute Gasteiger partial charge is 0.480 e. The number of benzene rings is 1. The van der Waals surface area contributed by atoms with E-state index in [1.165, 1.54) is 12.1 Å². The van der Waals surface area contributed by atoms with Crippen LogP contribution in [0.5, 0.6) is 0 Å². The first-order chi connectivity index (χ1) is 13.1. The van der Waals surface area contributed by atoms with Gasteiger partial charge in [0.25, 0.3) is 0 Å². The lowest BCUT2D eigenvalue weighted by molar-refractivity contribution is -0.146. The summed E-state index contributed by atoms with van der Waals surface area (Å²) < 4.78 is 9.39. The minimum absolute atomic E-state index is 0.0500. The van der Waals surface area contributed by atoms with Crippen LogP contribution >= 0.6 is 0 Å². The Kier molecular flexibility index (Phi) is 9.26. The smallest absolute Gasteiger partial charge is 0.345 e. The molecule has 1 aromatic carbocycles. The Bertz CT molecular complexity index is 691. The average molecular weight is 394 g/mol. The van der Waals surface area contributed by atoms with Crippen LogP contribution in [0.2, 0.25) is 0 Å². The Balaban J connectivity index is 2.78. The molecule has 0 spiro atoms. The van der Waals surface area contributed by atoms with Crippen LogP contribution in [0.1, 0.15) is 37.0 Å². The number of nitrogens with two attached hydrogens (primary N) is 1. The fourth-order valence-electron chi connectivity index (χ4n) is 2.48. The van der Waals surface area contributed by atoms with Crippen molar-refractivity contribution in [3.63, 3.8) is 0 Å². The van der Waals surface area contributed by atoms with Gasteiger partial charge in [0.05, 0.1) is 12.7 Å². The van der Waals surface area contributed by atoms with Crippen molar-refractivity contribution < 1.29 is 33.8 Å². The predicted molar refractivity (Wildman–Crippen MR) is 99.3 cm³/mol. The van der Waals surface area contributed by atoms with E-state index in [0.717, 1.165) is 7.11 Å². The van der Waals surface area contributed by atoms with E-state index >= 15 is 0 Å². The van der Waals surface area contributed by atoms with Gasteiger partial charge in [-0.25, -0.2) is 9.59 Å². The van der Waals surface area contributed by atoms with Gasteiger partial charge in [0, 0.05) is 0 Å². The minimum Gasteiger partial charge on any atom is -0.480 e. The summed E-state index contributed by atoms with van der Waals surface area (Å²) >= 11 is 0. The van der Waals surface area contributed by atoms with Crippen molar-refractivity contribution in [2.24, 2.45) is 11.7 Å². The summed E-state index contributed by atoms with van der Waals surface area (Å²) in [6, 6.07) is 4.35. The van der Waals surface area contributed by atoms with E-state index in [0.29, 0.717) is 0 Å². The Labute approximate surface area is 163 Å². The maximum atomic E-state index is 12.1. The molecule has 4 N–H and O–H groups in total. The molecule has 0 amide bonds. The second-order valence-electron chi connectivity index (χ2n) is 6.68. The molecule has 0 aromatic heterocycles. The zero-order chi connectivity index (χ0) is 21.3. The molecular formula is C19H26N2O7. The monoisotopic (exact) mass is 394 g/mol. The number of carbonyl (C=O) groups excluding carboxylic acids is 3. The molecule has 0 saturated heterocycles. The maximum Gasteiger partial charge on any atom is 0.345 e. The fraction of sp³-hybridized carbons (Fsp3) is 0.474. The van der Waals surface area contributed by atoms with Crippen molar-refractivity contribution in [1.29, 1.82) is 0 Å². The van der Waals surface area contributed by atoms with Crippen molar-refractivity contribution in [2.45, 2.75) is 44.8 Å². The predicted octanol–water partition coefficient (Wildman–Crippen LogP) is 0.718. The summed E-state index contributed by atoms with van der Waals surface area (Å²) in [5, 5.41) is 12.0. The third-order valence-electron chi connectivity index (χ3n) is 3.89. The topological polar surface area (TPSA) is 145 Å². The average Bonchev–Trinajstić information content (AvgIpc) is 2.66. The molecule has 0 radical (unpaired) electrons. The molecule has 9 heteroatoms. The quantitative estimate of drug-likeness (QED) is 0.386. The molecule has 154 valence electrons. The normalized spacial score (nSPS) is 14.0. The lowest BCUT2D eigenvalue weighted by Crippen LogP contribution is -2.51. The zero-order valence-corrected chi connectivity index (χ0v) is 16.1. The molecule has 0 aliphatic rings. The molecule has 0 heterocycles. The summed E-state index contributed by atoms with van der Waals surface area (Å²) in [6.45, 7) is 3.67. The highest BCUT2D eigenvalue weighted by atomic mass is 16.6. The first-order valence-electron chi connectivity index (χ1n) is 8.79. The molecule has 0 saturated carbocycles. The van der Waals surface area contributed by atoms with E-state index in [4.69, 9.17) is 10.5 Å². The Morgan fingerprint density at radius 2 is 1.64 bits per heavy atom. The second kappa shape index (κ2) is 11.2. The Morgan fingerprint density at radius 3 is 2.14 bits per heavy atom. The number of carboxylic acids is 1. The van der Waals surface area contributed by atoms with Gasteiger partial charge in [-0.1, -0.05) is 32.0 Å². The summed E-state index contributed by atoms with van der Waals surface area (Å²) in [4.78, 5) is 47.5. The number of aliphatic carboxylic acids is 1. The highest BCUT2D eigenvalue weighted by Gasteiger charge is 2.32. The van der Waals surface area contributed by atoms with Crippen molar-refractivity contribution in [1.82, 2.24) is 5.32 Å². The van der Waals surface area contributed by atoms with E-state index in [-0.39, 0.29) is 24.3 Å². The first-order valence-corrected chi connectivity index (χ1v) is 8.79. The van der Waals surface area contributed by atoms with Crippen LogP contribution in [0.3, 0.4) is 0 Å². The molecule has 9 nitrogen and oxygen atoms in total. The number of methoxy groups -OCH3 is 1. The van der Waals surface area contributed by atoms with E-state index in [1.54, 1.807) is 18.2 Å². The number of ether oxygens (including phenoxy) is 2. The molecule has 0 aliphatic heterocycles. The molecular weight excluding hydrogens is 368 g/mol. The van der Waals surface area contributed by atoms with Crippen molar-refractivity contribution >= 4 is 23.9 Å².